The van der Waals surface area contributed by atoms with Crippen LogP contribution in [0, 0.1) is 13.8 Å². The number of aromatic nitrogens is 4. The number of hydroxylamine groups is 2. The van der Waals surface area contributed by atoms with Gasteiger partial charge in [0.15, 0.2) is 0 Å². The van der Waals surface area contributed by atoms with Crippen molar-refractivity contribution in [3.8, 4) is 0 Å². The standard InChI is InChI=1S/C21H28N6O10/c1-9-6-25(20(33)23-17(9)30)15-3-11(14(8-28)37-15)27(35)19(32)22-5-13-12(29)4-16(36-13)26-7-10(2)18(31)24-21(26)34/h6-7,11-16,28-29,35H,3-5,8H2,1-2H3,(H,22,32)(H,23,30,33)(H,24,31,34). The zero-order valence-corrected chi connectivity index (χ0v) is 20.0. The van der Waals surface area contributed by atoms with Crippen molar-refractivity contribution in [2.45, 2.75) is 63.5 Å². The van der Waals surface area contributed by atoms with Crippen LogP contribution in [0.2, 0.25) is 0 Å². The normalized spacial score (nSPS) is 27.4. The minimum absolute atomic E-state index is 0.0207. The molecule has 2 fully saturated rings. The van der Waals surface area contributed by atoms with Gasteiger partial charge in [0.05, 0.1) is 18.8 Å². The van der Waals surface area contributed by atoms with E-state index < -0.39 is 71.9 Å². The van der Waals surface area contributed by atoms with Crippen LogP contribution in [0.3, 0.4) is 0 Å². The summed E-state index contributed by atoms with van der Waals surface area (Å²) >= 11 is 0. The van der Waals surface area contributed by atoms with Crippen LogP contribution in [-0.4, -0.2) is 83.1 Å². The van der Waals surface area contributed by atoms with Crippen molar-refractivity contribution >= 4 is 6.03 Å². The molecule has 6 N–H and O–H groups in total. The zero-order chi connectivity index (χ0) is 27.0. The number of hydrogen-bond acceptors (Lipinski definition) is 10. The van der Waals surface area contributed by atoms with Crippen LogP contribution in [-0.2, 0) is 9.47 Å². The van der Waals surface area contributed by atoms with Gasteiger partial charge in [0.2, 0.25) is 0 Å². The van der Waals surface area contributed by atoms with Gasteiger partial charge in [-0.3, -0.25) is 33.9 Å². The van der Waals surface area contributed by atoms with Gasteiger partial charge in [-0.1, -0.05) is 0 Å². The number of aromatic amines is 2. The Morgan fingerprint density at radius 1 is 1.00 bits per heavy atom. The first-order valence-corrected chi connectivity index (χ1v) is 11.5. The smallest absolute Gasteiger partial charge is 0.341 e. The molecule has 0 saturated carbocycles. The number of H-pyrrole nitrogens is 2. The van der Waals surface area contributed by atoms with Crippen LogP contribution >= 0.6 is 0 Å². The summed E-state index contributed by atoms with van der Waals surface area (Å²) in [7, 11) is 0. The van der Waals surface area contributed by atoms with Crippen LogP contribution in [0.1, 0.15) is 36.4 Å². The lowest BCUT2D eigenvalue weighted by Gasteiger charge is -2.26. The Hall–Kier alpha value is -3.57. The number of amides is 2. The van der Waals surface area contributed by atoms with E-state index in [1.165, 1.54) is 26.2 Å². The molecule has 2 amide bonds. The molecule has 6 atom stereocenters. The van der Waals surface area contributed by atoms with E-state index in [1.54, 1.807) is 0 Å². The lowest BCUT2D eigenvalue weighted by molar-refractivity contribution is -0.109. The van der Waals surface area contributed by atoms with Gasteiger partial charge in [-0.2, -0.15) is 0 Å². The number of ether oxygens (including phenoxy) is 2. The van der Waals surface area contributed by atoms with Crippen molar-refractivity contribution in [2.75, 3.05) is 13.2 Å². The number of hydrogen-bond donors (Lipinski definition) is 6. The second-order valence-electron chi connectivity index (χ2n) is 9.03. The summed E-state index contributed by atoms with van der Waals surface area (Å²) in [4.78, 5) is 64.4. The molecule has 0 spiro atoms. The average Bonchev–Trinajstić information content (AvgIpc) is 3.45. The molecule has 37 heavy (non-hydrogen) atoms. The Morgan fingerprint density at radius 2 is 1.51 bits per heavy atom. The van der Waals surface area contributed by atoms with E-state index >= 15 is 0 Å². The molecule has 0 radical (unpaired) electrons. The zero-order valence-electron chi connectivity index (χ0n) is 20.0. The van der Waals surface area contributed by atoms with Gasteiger partial charge < -0.3 is 25.0 Å². The third kappa shape index (κ3) is 5.28. The van der Waals surface area contributed by atoms with E-state index in [2.05, 4.69) is 15.3 Å². The van der Waals surface area contributed by atoms with Crippen LogP contribution in [0.5, 0.6) is 0 Å². The highest BCUT2D eigenvalue weighted by atomic mass is 16.6. The molecule has 2 saturated heterocycles. The maximum Gasteiger partial charge on any atom is 0.341 e. The van der Waals surface area contributed by atoms with E-state index in [-0.39, 0.29) is 30.5 Å². The fourth-order valence-electron chi connectivity index (χ4n) is 4.40. The van der Waals surface area contributed by atoms with Crippen molar-refractivity contribution in [1.29, 1.82) is 0 Å². The molecular weight excluding hydrogens is 496 g/mol. The average molecular weight is 524 g/mol. The number of rotatable bonds is 6. The van der Waals surface area contributed by atoms with Crippen LogP contribution in [0.15, 0.2) is 31.6 Å². The van der Waals surface area contributed by atoms with E-state index in [9.17, 15) is 39.4 Å². The Kier molecular flexibility index (Phi) is 7.47. The molecule has 4 heterocycles. The summed E-state index contributed by atoms with van der Waals surface area (Å²) in [6.07, 6.45) is -2.31. The van der Waals surface area contributed by atoms with Gasteiger partial charge in [-0.05, 0) is 13.8 Å². The largest absolute Gasteiger partial charge is 0.394 e. The number of urea groups is 1. The monoisotopic (exact) mass is 524 g/mol. The second kappa shape index (κ2) is 10.4. The number of carbonyl (C=O) groups excluding carboxylic acids is 1. The number of aryl methyl sites for hydroxylation is 2. The molecule has 0 aliphatic carbocycles. The molecular formula is C21H28N6O10. The summed E-state index contributed by atoms with van der Waals surface area (Å²) in [6, 6.07) is -2.02. The molecule has 6 unspecified atom stereocenters. The Balaban J connectivity index is 1.39. The molecule has 2 aliphatic rings. The minimum atomic E-state index is -1.06. The summed E-state index contributed by atoms with van der Waals surface area (Å²) < 4.78 is 13.6. The van der Waals surface area contributed by atoms with E-state index in [0.29, 0.717) is 5.06 Å². The Morgan fingerprint density at radius 3 is 2.05 bits per heavy atom. The molecule has 16 nitrogen and oxygen atoms in total. The number of aliphatic hydroxyl groups is 2. The fraction of sp³-hybridized carbons (Fsp3) is 0.571. The van der Waals surface area contributed by atoms with Gasteiger partial charge in [0, 0.05) is 42.9 Å². The third-order valence-corrected chi connectivity index (χ3v) is 6.48. The van der Waals surface area contributed by atoms with Crippen molar-refractivity contribution in [2.24, 2.45) is 0 Å². The van der Waals surface area contributed by atoms with Crippen molar-refractivity contribution in [3.63, 3.8) is 0 Å². The van der Waals surface area contributed by atoms with Gasteiger partial charge >= 0.3 is 17.4 Å². The topological polar surface area (TPSA) is 221 Å². The van der Waals surface area contributed by atoms with Gasteiger partial charge in [0.25, 0.3) is 11.1 Å². The predicted molar refractivity (Wildman–Crippen MR) is 123 cm³/mol. The third-order valence-electron chi connectivity index (χ3n) is 6.48. The SMILES string of the molecule is Cc1cn(C2CC(O)C(CNC(=O)N(O)C3CC(n4cc(C)c(=O)[nH]c4=O)OC3CO)O2)c(=O)[nH]c1=O. The summed E-state index contributed by atoms with van der Waals surface area (Å²) in [6.45, 7) is 2.21. The lowest BCUT2D eigenvalue weighted by Crippen LogP contribution is -2.50. The maximum atomic E-state index is 12.6. The fourth-order valence-corrected chi connectivity index (χ4v) is 4.40. The van der Waals surface area contributed by atoms with E-state index in [4.69, 9.17) is 9.47 Å². The Bertz CT molecular complexity index is 1400. The first-order chi connectivity index (χ1) is 17.5. The van der Waals surface area contributed by atoms with E-state index in [0.717, 1.165) is 9.13 Å². The summed E-state index contributed by atoms with van der Waals surface area (Å²) in [5.41, 5.74) is -2.02. The first-order valence-electron chi connectivity index (χ1n) is 11.5. The van der Waals surface area contributed by atoms with Crippen LogP contribution in [0.4, 0.5) is 4.79 Å². The molecule has 0 bridgehead atoms. The van der Waals surface area contributed by atoms with Crippen LogP contribution in [0.25, 0.3) is 0 Å². The molecule has 16 heteroatoms. The second-order valence-corrected chi connectivity index (χ2v) is 9.03. The molecule has 2 aromatic heterocycles. The molecule has 2 aliphatic heterocycles. The number of carbonyl (C=O) groups is 1. The minimum Gasteiger partial charge on any atom is -0.394 e. The number of nitrogens with zero attached hydrogens (tertiary/aromatic N) is 3. The molecule has 0 aromatic carbocycles. The quantitative estimate of drug-likeness (QED) is 0.171. The molecule has 2 aromatic rings. The van der Waals surface area contributed by atoms with E-state index in [1.807, 2.05) is 0 Å². The highest BCUT2D eigenvalue weighted by Gasteiger charge is 2.42. The van der Waals surface area contributed by atoms with Crippen molar-refractivity contribution in [3.05, 3.63) is 65.2 Å². The van der Waals surface area contributed by atoms with Gasteiger partial charge in [-0.25, -0.2) is 19.4 Å². The number of nitrogens with one attached hydrogen (secondary N) is 3. The predicted octanol–water partition coefficient (Wildman–Crippen LogP) is -2.60. The molecule has 202 valence electrons. The van der Waals surface area contributed by atoms with Crippen molar-refractivity contribution < 1.29 is 29.7 Å². The first kappa shape index (κ1) is 26.5. The highest BCUT2D eigenvalue weighted by molar-refractivity contribution is 5.73. The van der Waals surface area contributed by atoms with Crippen LogP contribution < -0.4 is 27.8 Å². The molecule has 4 rings (SSSR count). The highest BCUT2D eigenvalue weighted by Crippen LogP contribution is 2.31. The Labute approximate surface area is 207 Å². The van der Waals surface area contributed by atoms with Crippen molar-refractivity contribution in [1.82, 2.24) is 29.5 Å². The lowest BCUT2D eigenvalue weighted by atomic mass is 10.1. The maximum absolute atomic E-state index is 12.6. The summed E-state index contributed by atoms with van der Waals surface area (Å²) in [5.74, 6) is 0. The number of aliphatic hydroxyl groups excluding tert-OH is 2. The summed E-state index contributed by atoms with van der Waals surface area (Å²) in [5, 5.41) is 33.3. The van der Waals surface area contributed by atoms with Gasteiger partial charge in [0.1, 0.15) is 24.7 Å². The van der Waals surface area contributed by atoms with Gasteiger partial charge in [-0.15, -0.1) is 0 Å².